The van der Waals surface area contributed by atoms with Crippen molar-refractivity contribution in [1.29, 1.82) is 0 Å². The molecule has 184 valence electrons. The summed E-state index contributed by atoms with van der Waals surface area (Å²) in [7, 11) is 0. The van der Waals surface area contributed by atoms with E-state index in [0.29, 0.717) is 12.8 Å². The van der Waals surface area contributed by atoms with Crippen LogP contribution in [0.15, 0.2) is 48.5 Å². The Morgan fingerprint density at radius 3 is 2.17 bits per heavy atom. The molecule has 0 unspecified atom stereocenters. The number of benzene rings is 2. The SMILES string of the molecule is CC(C)(C)[C@@H](NC(=O)OCC1c2ccccc2-c2ccccc21)C(=O)N1[C@@H]2CC[C@H]1[C@@H](C(=O)O)C2. The lowest BCUT2D eigenvalue weighted by atomic mass is 9.85. The third-order valence-corrected chi connectivity index (χ3v) is 7.83. The van der Waals surface area contributed by atoms with E-state index in [-0.39, 0.29) is 30.5 Å². The van der Waals surface area contributed by atoms with Gasteiger partial charge in [-0.3, -0.25) is 9.59 Å². The van der Waals surface area contributed by atoms with E-state index in [2.05, 4.69) is 29.6 Å². The van der Waals surface area contributed by atoms with Gasteiger partial charge in [-0.2, -0.15) is 0 Å². The van der Waals surface area contributed by atoms with Gasteiger partial charge in [-0.25, -0.2) is 4.79 Å². The second-order valence-corrected chi connectivity index (χ2v) is 11.0. The molecule has 35 heavy (non-hydrogen) atoms. The van der Waals surface area contributed by atoms with Crippen LogP contribution in [0.5, 0.6) is 0 Å². The zero-order valence-electron chi connectivity index (χ0n) is 20.4. The van der Waals surface area contributed by atoms with Gasteiger partial charge in [0.15, 0.2) is 0 Å². The maximum Gasteiger partial charge on any atom is 0.407 e. The Morgan fingerprint density at radius 1 is 1.03 bits per heavy atom. The summed E-state index contributed by atoms with van der Waals surface area (Å²) in [5.74, 6) is -1.68. The average molecular weight is 477 g/mol. The number of carbonyl (C=O) groups excluding carboxylic acids is 2. The summed E-state index contributed by atoms with van der Waals surface area (Å²) in [6.07, 6.45) is 1.34. The quantitative estimate of drug-likeness (QED) is 0.667. The molecule has 2 heterocycles. The molecule has 0 aromatic heterocycles. The third-order valence-electron chi connectivity index (χ3n) is 7.83. The number of ether oxygens (including phenoxy) is 1. The van der Waals surface area contributed by atoms with Crippen LogP contribution in [0.4, 0.5) is 4.79 Å². The molecule has 2 saturated heterocycles. The number of fused-ring (bicyclic) bond motifs is 5. The van der Waals surface area contributed by atoms with Crippen molar-refractivity contribution in [2.24, 2.45) is 11.3 Å². The van der Waals surface area contributed by atoms with Crippen LogP contribution in [0.25, 0.3) is 11.1 Å². The van der Waals surface area contributed by atoms with Gasteiger partial charge < -0.3 is 20.1 Å². The summed E-state index contributed by atoms with van der Waals surface area (Å²) in [5, 5.41) is 12.4. The van der Waals surface area contributed by atoms with E-state index in [0.717, 1.165) is 28.7 Å². The minimum absolute atomic E-state index is 0.0670. The lowest BCUT2D eigenvalue weighted by molar-refractivity contribution is -0.143. The Morgan fingerprint density at radius 2 is 1.63 bits per heavy atom. The topological polar surface area (TPSA) is 95.9 Å². The van der Waals surface area contributed by atoms with E-state index in [4.69, 9.17) is 4.74 Å². The zero-order valence-corrected chi connectivity index (χ0v) is 20.4. The Kier molecular flexibility index (Phi) is 5.82. The molecule has 7 nitrogen and oxygen atoms in total. The molecule has 2 aromatic rings. The number of carboxylic acid groups (broad SMARTS) is 1. The number of rotatable bonds is 5. The highest BCUT2D eigenvalue weighted by Crippen LogP contribution is 2.45. The standard InChI is InChI=1S/C28H32N2O5/c1-28(2,3)24(25(31)30-16-12-13-23(30)21(14-16)26(32)33)29-27(34)35-15-22-19-10-6-4-8-17(19)18-9-5-7-11-20(18)22/h4-11,16,21-24H,12-15H2,1-3H3,(H,29,34)(H,32,33)/t16-,21+,23+,24+/m1/s1. The van der Waals surface area contributed by atoms with Crippen molar-refractivity contribution in [3.8, 4) is 11.1 Å². The van der Waals surface area contributed by atoms with Gasteiger partial charge in [-0.15, -0.1) is 0 Å². The fraction of sp³-hybridized carbons (Fsp3) is 0.464. The average Bonchev–Trinajstić information content (AvgIpc) is 3.50. The van der Waals surface area contributed by atoms with E-state index < -0.39 is 29.4 Å². The predicted molar refractivity (Wildman–Crippen MR) is 131 cm³/mol. The van der Waals surface area contributed by atoms with Crippen molar-refractivity contribution < 1.29 is 24.2 Å². The van der Waals surface area contributed by atoms with Crippen molar-refractivity contribution in [1.82, 2.24) is 10.2 Å². The smallest absolute Gasteiger partial charge is 0.407 e. The molecule has 2 aliphatic heterocycles. The number of hydrogen-bond acceptors (Lipinski definition) is 4. The molecule has 1 aliphatic carbocycles. The number of nitrogens with zero attached hydrogens (tertiary/aromatic N) is 1. The normalized spacial score (nSPS) is 23.5. The highest BCUT2D eigenvalue weighted by Gasteiger charge is 2.53. The molecule has 0 radical (unpaired) electrons. The molecule has 2 aromatic carbocycles. The lowest BCUT2D eigenvalue weighted by Gasteiger charge is -2.35. The molecule has 0 spiro atoms. The fourth-order valence-corrected chi connectivity index (χ4v) is 6.15. The number of carboxylic acids is 1. The maximum absolute atomic E-state index is 13.6. The van der Waals surface area contributed by atoms with Crippen molar-refractivity contribution in [3.63, 3.8) is 0 Å². The van der Waals surface area contributed by atoms with Gasteiger partial charge in [0.1, 0.15) is 12.6 Å². The van der Waals surface area contributed by atoms with Crippen molar-refractivity contribution >= 4 is 18.0 Å². The minimum Gasteiger partial charge on any atom is -0.481 e. The zero-order chi connectivity index (χ0) is 24.9. The van der Waals surface area contributed by atoms with Gasteiger partial charge in [0.25, 0.3) is 0 Å². The van der Waals surface area contributed by atoms with Gasteiger partial charge in [-0.1, -0.05) is 69.3 Å². The molecule has 2 fully saturated rings. The monoisotopic (exact) mass is 476 g/mol. The number of hydrogen-bond donors (Lipinski definition) is 2. The van der Waals surface area contributed by atoms with Gasteiger partial charge in [-0.05, 0) is 46.9 Å². The van der Waals surface area contributed by atoms with Crippen LogP contribution in [0.2, 0.25) is 0 Å². The Bertz CT molecular complexity index is 1120. The van der Waals surface area contributed by atoms with Gasteiger partial charge >= 0.3 is 12.1 Å². The number of carbonyl (C=O) groups is 3. The minimum atomic E-state index is -0.855. The van der Waals surface area contributed by atoms with E-state index in [1.807, 2.05) is 45.0 Å². The summed E-state index contributed by atoms with van der Waals surface area (Å²) < 4.78 is 5.69. The highest BCUT2D eigenvalue weighted by molar-refractivity contribution is 5.88. The second-order valence-electron chi connectivity index (χ2n) is 11.0. The molecule has 4 atom stereocenters. The first-order valence-electron chi connectivity index (χ1n) is 12.3. The number of nitrogens with one attached hydrogen (secondary N) is 1. The first-order valence-corrected chi connectivity index (χ1v) is 12.3. The van der Waals surface area contributed by atoms with Gasteiger partial charge in [0.05, 0.1) is 5.92 Å². The number of aliphatic carboxylic acids is 1. The van der Waals surface area contributed by atoms with E-state index in [9.17, 15) is 19.5 Å². The van der Waals surface area contributed by atoms with E-state index in [1.54, 1.807) is 4.90 Å². The van der Waals surface area contributed by atoms with Crippen LogP contribution in [0.1, 0.15) is 57.1 Å². The van der Waals surface area contributed by atoms with Crippen LogP contribution >= 0.6 is 0 Å². The maximum atomic E-state index is 13.6. The molecular formula is C28H32N2O5. The summed E-state index contributed by atoms with van der Waals surface area (Å²) in [6, 6.07) is 15.1. The first-order chi connectivity index (χ1) is 16.7. The third kappa shape index (κ3) is 4.07. The Labute approximate surface area is 205 Å². The fourth-order valence-electron chi connectivity index (χ4n) is 6.15. The van der Waals surface area contributed by atoms with E-state index in [1.165, 1.54) is 0 Å². The molecular weight excluding hydrogens is 444 g/mol. The second kappa shape index (κ2) is 8.70. The largest absolute Gasteiger partial charge is 0.481 e. The summed E-state index contributed by atoms with van der Waals surface area (Å²) in [5.41, 5.74) is 3.98. The number of amides is 2. The van der Waals surface area contributed by atoms with Crippen molar-refractivity contribution in [2.75, 3.05) is 6.61 Å². The predicted octanol–water partition coefficient (Wildman–Crippen LogP) is 4.40. The van der Waals surface area contributed by atoms with Crippen LogP contribution in [-0.4, -0.2) is 52.7 Å². The van der Waals surface area contributed by atoms with Crippen LogP contribution < -0.4 is 5.32 Å². The molecule has 0 saturated carbocycles. The Hall–Kier alpha value is -3.35. The lowest BCUT2D eigenvalue weighted by Crippen LogP contribution is -2.56. The molecule has 3 aliphatic rings. The van der Waals surface area contributed by atoms with E-state index >= 15 is 0 Å². The molecule has 7 heteroatoms. The number of alkyl carbamates (subject to hydrolysis) is 1. The molecule has 2 bridgehead atoms. The van der Waals surface area contributed by atoms with Crippen LogP contribution in [-0.2, 0) is 14.3 Å². The summed E-state index contributed by atoms with van der Waals surface area (Å²) in [4.78, 5) is 39.9. The first kappa shape index (κ1) is 23.4. The molecule has 5 rings (SSSR count). The van der Waals surface area contributed by atoms with Crippen LogP contribution in [0.3, 0.4) is 0 Å². The van der Waals surface area contributed by atoms with Gasteiger partial charge in [0, 0.05) is 18.0 Å². The molecule has 2 N–H and O–H groups in total. The Balaban J connectivity index is 1.29. The van der Waals surface area contributed by atoms with Gasteiger partial charge in [0.2, 0.25) is 5.91 Å². The van der Waals surface area contributed by atoms with Crippen molar-refractivity contribution in [3.05, 3.63) is 59.7 Å². The van der Waals surface area contributed by atoms with Crippen molar-refractivity contribution in [2.45, 2.75) is 64.1 Å². The highest BCUT2D eigenvalue weighted by atomic mass is 16.5. The molecule has 2 amide bonds. The summed E-state index contributed by atoms with van der Waals surface area (Å²) >= 11 is 0. The van der Waals surface area contributed by atoms with Crippen LogP contribution in [0, 0.1) is 11.3 Å². The summed E-state index contributed by atoms with van der Waals surface area (Å²) in [6.45, 7) is 5.85.